The topological polar surface area (TPSA) is 721 Å². The normalized spacial score (nSPS) is 36.4. The highest BCUT2D eigenvalue weighted by Crippen LogP contribution is 2.42. The molecule has 21 aliphatic heterocycles. The quantitative estimate of drug-likeness (QED) is 0.0108. The highest BCUT2D eigenvalue weighted by Gasteiger charge is 2.61. The first kappa shape index (κ1) is 108. The predicted octanol–water partition coefficient (Wildman–Crippen LogP) is -3.58. The lowest BCUT2D eigenvalue weighted by Gasteiger charge is -2.50. The second-order valence-electron chi connectivity index (χ2n) is 34.1. The van der Waals surface area contributed by atoms with Crippen LogP contribution in [0.15, 0.2) is 180 Å². The molecule has 0 amide bonds. The van der Waals surface area contributed by atoms with Crippen LogP contribution in [0.5, 0.6) is 0 Å². The summed E-state index contributed by atoms with van der Waals surface area (Å²) in [6.45, 7) is 0.495. The molecule has 27 rings (SSSR count). The summed E-state index contributed by atoms with van der Waals surface area (Å²) in [5.74, 6) is 0. The van der Waals surface area contributed by atoms with E-state index in [4.69, 9.17) is 91.4 Å². The lowest BCUT2D eigenvalue weighted by Crippen LogP contribution is -2.68. The first-order valence-electron chi connectivity index (χ1n) is 43.0. The molecule has 139 heavy (non-hydrogen) atoms. The van der Waals surface area contributed by atoms with Crippen LogP contribution in [-0.4, -0.2) is 383 Å². The van der Waals surface area contributed by atoms with E-state index in [-0.39, 0.29) is 0 Å². The van der Waals surface area contributed by atoms with Crippen LogP contribution in [0.25, 0.3) is 10.4 Å². The number of aliphatic hydroxyl groups is 14. The zero-order chi connectivity index (χ0) is 101. The molecule has 0 saturated carbocycles. The van der Waals surface area contributed by atoms with Gasteiger partial charge < -0.3 is 138 Å². The predicted molar refractivity (Wildman–Crippen MR) is 459 cm³/mol. The Hall–Kier alpha value is -7.03. The highest BCUT2D eigenvalue weighted by atomic mass is 32.2. The maximum Gasteiger partial charge on any atom is 0.297 e. The van der Waals surface area contributed by atoms with E-state index in [1.807, 2.05) is 0 Å². The summed E-state index contributed by atoms with van der Waals surface area (Å²) < 4.78 is 289. The minimum Gasteiger partial charge on any atom is -0.387 e. The number of ether oxygens (including phenoxy) is 14. The van der Waals surface area contributed by atoms with E-state index in [0.29, 0.717) is 33.4 Å². The van der Waals surface area contributed by atoms with Crippen LogP contribution in [0.4, 0.5) is 0 Å². The maximum atomic E-state index is 14.2. The number of hydrogen-bond donors (Lipinski definition) is 14. The Bertz CT molecular complexity index is 5670. The molecule has 0 unspecified atom stereocenters. The Kier molecular flexibility index (Phi) is 34.5. The van der Waals surface area contributed by atoms with E-state index in [1.54, 1.807) is 41.5 Å². The fraction of sp³-hybridized carbons (Fsp3) is 0.571. The van der Waals surface area contributed by atoms with Gasteiger partial charge in [-0.3, -0.25) is 25.1 Å². The minimum absolute atomic E-state index is 0.498. The van der Waals surface area contributed by atoms with Gasteiger partial charge in [0.15, 0.2) is 44.0 Å². The van der Waals surface area contributed by atoms with E-state index >= 15 is 0 Å². The summed E-state index contributed by atoms with van der Waals surface area (Å²) in [6.07, 6.45) is -86.9. The number of nitrogens with zero attached hydrogens (tertiary/aromatic N) is 3. The molecule has 55 heteroatoms. The van der Waals surface area contributed by atoms with E-state index < -0.39 is 351 Å². The van der Waals surface area contributed by atoms with Crippen molar-refractivity contribution >= 4 is 60.7 Å². The molecule has 35 atom stereocenters. The van der Waals surface area contributed by atoms with Crippen LogP contribution in [0.1, 0.15) is 33.4 Å². The van der Waals surface area contributed by atoms with Crippen molar-refractivity contribution in [1.82, 2.24) is 0 Å². The van der Waals surface area contributed by atoms with Crippen LogP contribution >= 0.6 is 0 Å². The third kappa shape index (κ3) is 24.7. The average molecular weight is 2090 g/mol. The van der Waals surface area contributed by atoms with Crippen molar-refractivity contribution in [3.63, 3.8) is 0 Å². The Morgan fingerprint density at radius 2 is 0.353 bits per heavy atom. The van der Waals surface area contributed by atoms with Crippen molar-refractivity contribution < 1.29 is 213 Å². The van der Waals surface area contributed by atoms with Gasteiger partial charge >= 0.3 is 0 Å². The second-order valence-corrected chi connectivity index (χ2v) is 43.8. The lowest BCUT2D eigenvalue weighted by atomic mass is 9.95. The average Bonchev–Trinajstić information content (AvgIpc) is 0.842. The number of hydrogen-bond acceptors (Lipinski definition) is 47. The van der Waals surface area contributed by atoms with Crippen molar-refractivity contribution in [2.24, 2.45) is 5.11 Å². The number of azide groups is 1. The molecule has 49 nitrogen and oxygen atoms in total. The van der Waals surface area contributed by atoms with Gasteiger partial charge in [0.1, 0.15) is 165 Å². The third-order valence-electron chi connectivity index (χ3n) is 24.0. The molecule has 768 valence electrons. The molecule has 21 heterocycles. The molecule has 14 bridgehead atoms. The van der Waals surface area contributed by atoms with Crippen molar-refractivity contribution in [2.45, 2.75) is 286 Å². The summed E-state index contributed by atoms with van der Waals surface area (Å²) in [5.41, 5.74) is 13.1. The highest BCUT2D eigenvalue weighted by molar-refractivity contribution is 7.88. The number of benzene rings is 6. The van der Waals surface area contributed by atoms with Gasteiger partial charge in [0.2, 0.25) is 0 Å². The first-order chi connectivity index (χ1) is 65.5. The fourth-order valence-electron chi connectivity index (χ4n) is 16.0. The Morgan fingerprint density at radius 3 is 0.489 bits per heavy atom. The molecule has 0 aromatic heterocycles. The van der Waals surface area contributed by atoms with Crippen molar-refractivity contribution in [3.05, 3.63) is 189 Å². The molecule has 0 radical (unpaired) electrons. The molecule has 6 aromatic carbocycles. The molecule has 6 aromatic rings. The second kappa shape index (κ2) is 44.5. The third-order valence-corrected chi connectivity index (χ3v) is 31.8. The van der Waals surface area contributed by atoms with Gasteiger partial charge in [-0.25, -0.2) is 0 Å². The van der Waals surface area contributed by atoms with Crippen LogP contribution in [-0.2, 0) is 152 Å². The summed E-state index contributed by atoms with van der Waals surface area (Å²) in [5, 5.41) is 177. The van der Waals surface area contributed by atoms with E-state index in [0.717, 1.165) is 72.8 Å². The monoisotopic (exact) mass is 2080 g/mol. The van der Waals surface area contributed by atoms with Gasteiger partial charge in [-0.2, -0.15) is 50.5 Å². The van der Waals surface area contributed by atoms with Gasteiger partial charge in [-0.05, 0) is 120 Å². The Labute approximate surface area is 796 Å². The van der Waals surface area contributed by atoms with Crippen LogP contribution in [0.3, 0.4) is 0 Å². The van der Waals surface area contributed by atoms with Crippen LogP contribution < -0.4 is 0 Å². The fourth-order valence-corrected chi connectivity index (χ4v) is 21.5. The molecule has 21 fully saturated rings. The molecule has 21 aliphatic rings. The van der Waals surface area contributed by atoms with Crippen LogP contribution in [0.2, 0.25) is 0 Å². The molecule has 0 aliphatic carbocycles. The van der Waals surface area contributed by atoms with Crippen LogP contribution in [0, 0.1) is 41.5 Å². The molecular formula is C84H105N3O46S6. The summed E-state index contributed by atoms with van der Waals surface area (Å²) in [7, 11) is -30.0. The zero-order valence-electron chi connectivity index (χ0n) is 74.1. The molecular weight excluding hydrogens is 1980 g/mol. The van der Waals surface area contributed by atoms with Crippen molar-refractivity contribution in [3.8, 4) is 0 Å². The summed E-state index contributed by atoms with van der Waals surface area (Å²) >= 11 is 0. The van der Waals surface area contributed by atoms with Crippen molar-refractivity contribution in [1.29, 1.82) is 0 Å². The minimum atomic E-state index is -5.01. The van der Waals surface area contributed by atoms with Gasteiger partial charge in [0.25, 0.3) is 60.7 Å². The van der Waals surface area contributed by atoms with Gasteiger partial charge in [-0.15, -0.1) is 0 Å². The SMILES string of the molecule is Cc1ccc(S(=O)(=O)OC[C@H]2O[C@@H]3O[C@H]4[C@H](O)[C@@H](O)[C@@H](O[C@H]5[C@H](O)[C@@H](O)[C@@H](O[C@H]6[C@H](O)[C@@H](O)[C@@H](O[C@H]7[C@H](O)[C@@H](O)[C@@H](O[C@H]8[C@H](O)[C@@H](O)[C@@H](O[C@H]9[C@H](O)[C@H](O)[C@@H](O[C@H]2[C@H](O)[C@@H]3O)O[C@@H]9COS(=O)(=O)c2ccc(C)cc2)O[C@@H]8CN=[N+]=[N-])O[C@@H]7COS(=O)(=O)c2ccc(C)cc2)O[C@@H]6COS(=O)(=O)c2ccc(C)cc2)O[C@@H]5COS(=O)(=O)c2ccc(C)cc2)O[C@@H]4COS(=O)(=O)c2ccc(C)cc2)cc1. The lowest BCUT2D eigenvalue weighted by molar-refractivity contribution is -0.395. The standard InChI is InChI=1S/C84H105N3O46S6/c1-38-7-19-44(20-8-38)134(102,103)114-32-51-72-59(90)66(97)80(122-51)130-74-53(34-116-136(106,107)46-23-11-40(3)12-24-46)124-82(68(99)61(74)92)132-76-55(36-118-138(110,111)48-27-15-42(5)16-28-48)126-84(70(101)63(76)94)133-77-56(37-119-139(112,113)49-29-17-43(6)18-30-49)125-83(69(100)62(77)93)131-75-54(35-117-137(108,109)47-25-13-41(4)14-26-47)123-81(67(98)60(75)91)129-73-52(33-115-135(104,105)45-21-9-39(2)10-22-45)121-79(65(96)58(73)89)127-71-50(31-86-87-85)120-78(128-72)64(95)57(71)88/h7-30,50-84,88-101H,31-37H2,1-6H3/t50-,51-,52-,53-,54-,55-,56-,57-,58-,59-,60-,61-,62-,63-,64-,65-,66+,67-,68+,69-,70-,71-,72-,73-,74-,75-,76-,77-,78-,79-,80-,81-,82-,83-,84-/m1/s1. The van der Waals surface area contributed by atoms with Gasteiger partial charge in [0.05, 0.1) is 81.7 Å². The molecule has 14 N–H and O–H groups in total. The van der Waals surface area contributed by atoms with E-state index in [1.165, 1.54) is 72.8 Å². The zero-order valence-corrected chi connectivity index (χ0v) is 79.0. The Balaban J connectivity index is 0.879. The number of aryl methyl sites for hydroxylation is 6. The molecule has 21 saturated heterocycles. The summed E-state index contributed by atoms with van der Waals surface area (Å²) in [4.78, 5) is -0.331. The first-order valence-corrected chi connectivity index (χ1v) is 51.5. The van der Waals surface area contributed by atoms with E-state index in [2.05, 4.69) is 10.0 Å². The largest absolute Gasteiger partial charge is 0.387 e. The maximum absolute atomic E-state index is 14.2. The Morgan fingerprint density at radius 1 is 0.223 bits per heavy atom. The summed E-state index contributed by atoms with van der Waals surface area (Å²) in [6, 6.07) is 29.9. The van der Waals surface area contributed by atoms with Gasteiger partial charge in [-0.1, -0.05) is 111 Å². The number of rotatable bonds is 26. The smallest absolute Gasteiger partial charge is 0.297 e. The van der Waals surface area contributed by atoms with Gasteiger partial charge in [0, 0.05) is 4.91 Å². The van der Waals surface area contributed by atoms with Crippen molar-refractivity contribution in [2.75, 3.05) is 46.2 Å². The number of aliphatic hydroxyl groups excluding tert-OH is 14. The van der Waals surface area contributed by atoms with E-state index in [9.17, 15) is 128 Å². The molecule has 0 spiro atoms.